The number of halogens is 1. The number of terminal acetylenes is 1. The summed E-state index contributed by atoms with van der Waals surface area (Å²) >= 11 is 0. The zero-order chi connectivity index (χ0) is 40.8. The number of fused-ring (bicyclic) bond motifs is 1. The third kappa shape index (κ3) is 12.8. The standard InChI is InChI=1S/C20H20N6.C15H17N6O.C8H6.CH4O.BrH/c1-3-8-16(9-4-1)18-14-22-20(23-18)21-12-7-13-26-15-19(24-25-26)17-10-5-2-6-11-17;16-19-18-9-5-11-21-14-17-8-4-10-20(14)12-15(21,22)13-6-2-1-3-7-13;1-2-8-6-4-3-5-7-8;1-2;/h1-6,8-11,14-15H,7,12-13H2,(H2,21,22,23);1-4,6-8,10,22H,5,9,11-12H2;1,3-7H;2H,1H3;1H/q;+1;;;. The fraction of sp³-hybridized carbons (Fsp3) is 0.205. The van der Waals surface area contributed by atoms with Gasteiger partial charge in [0.25, 0.3) is 0 Å². The number of nitrogens with one attached hydrogen (secondary N) is 2. The van der Waals surface area contributed by atoms with E-state index >= 15 is 0 Å². The van der Waals surface area contributed by atoms with Gasteiger partial charge in [-0.3, -0.25) is 4.68 Å². The minimum absolute atomic E-state index is 0. The van der Waals surface area contributed by atoms with Crippen LogP contribution in [0.15, 0.2) is 157 Å². The first-order chi connectivity index (χ1) is 28.6. The molecule has 302 valence electrons. The van der Waals surface area contributed by atoms with Gasteiger partial charge in [0.15, 0.2) is 0 Å². The van der Waals surface area contributed by atoms with Crippen LogP contribution in [0.1, 0.15) is 24.0 Å². The molecule has 15 heteroatoms. The molecule has 0 amide bonds. The van der Waals surface area contributed by atoms with Crippen molar-refractivity contribution in [1.29, 1.82) is 0 Å². The van der Waals surface area contributed by atoms with E-state index in [0.29, 0.717) is 26.1 Å². The smallest absolute Gasteiger partial charge is 0.396 e. The maximum absolute atomic E-state index is 11.3. The summed E-state index contributed by atoms with van der Waals surface area (Å²) in [5.41, 5.74) is 13.1. The number of H-pyrrole nitrogens is 1. The Morgan fingerprint density at radius 1 is 0.881 bits per heavy atom. The van der Waals surface area contributed by atoms with Gasteiger partial charge in [0.2, 0.25) is 11.7 Å². The van der Waals surface area contributed by atoms with Crippen molar-refractivity contribution >= 4 is 28.9 Å². The van der Waals surface area contributed by atoms with E-state index in [1.54, 1.807) is 6.20 Å². The summed E-state index contributed by atoms with van der Waals surface area (Å²) in [4.78, 5) is 16.7. The zero-order valence-electron chi connectivity index (χ0n) is 32.7. The molecule has 59 heavy (non-hydrogen) atoms. The Morgan fingerprint density at radius 3 is 2.17 bits per heavy atom. The van der Waals surface area contributed by atoms with Crippen LogP contribution in [0.3, 0.4) is 0 Å². The molecule has 0 fully saturated rings. The Morgan fingerprint density at radius 2 is 1.53 bits per heavy atom. The molecular formula is C44H48BrN12O2+. The molecule has 4 heterocycles. The van der Waals surface area contributed by atoms with Crippen molar-refractivity contribution in [3.8, 4) is 34.9 Å². The van der Waals surface area contributed by atoms with Crippen LogP contribution in [0.4, 0.5) is 11.9 Å². The van der Waals surface area contributed by atoms with E-state index in [1.807, 2.05) is 148 Å². The van der Waals surface area contributed by atoms with E-state index in [1.165, 1.54) is 0 Å². The maximum Gasteiger partial charge on any atom is 0.396 e. The molecule has 0 spiro atoms. The predicted molar refractivity (Wildman–Crippen MR) is 236 cm³/mol. The minimum Gasteiger partial charge on any atom is -0.400 e. The number of aromatic amines is 1. The summed E-state index contributed by atoms with van der Waals surface area (Å²) in [6.07, 6.45) is 14.1. The normalized spacial score (nSPS) is 13.2. The minimum atomic E-state index is -1.14. The van der Waals surface area contributed by atoms with Crippen molar-refractivity contribution in [2.24, 2.45) is 5.11 Å². The molecule has 1 aliphatic rings. The molecule has 1 aliphatic heterocycles. The number of rotatable bonds is 12. The van der Waals surface area contributed by atoms with Crippen molar-refractivity contribution in [3.05, 3.63) is 174 Å². The number of hydrogen-bond donors (Lipinski definition) is 4. The molecule has 4 N–H and O–H groups in total. The summed E-state index contributed by atoms with van der Waals surface area (Å²) in [6, 6.07) is 41.3. The molecule has 4 aromatic carbocycles. The van der Waals surface area contributed by atoms with Crippen molar-refractivity contribution in [3.63, 3.8) is 0 Å². The average Bonchev–Trinajstić information content (AvgIpc) is 4.05. The number of hydrogen-bond acceptors (Lipinski definition) is 9. The van der Waals surface area contributed by atoms with Gasteiger partial charge in [0, 0.05) is 54.4 Å². The molecule has 0 saturated carbocycles. The molecule has 8 rings (SSSR count). The van der Waals surface area contributed by atoms with Crippen LogP contribution < -0.4 is 14.8 Å². The summed E-state index contributed by atoms with van der Waals surface area (Å²) in [5.74, 6) is 4.03. The highest BCUT2D eigenvalue weighted by Gasteiger charge is 2.50. The number of benzene rings is 4. The van der Waals surface area contributed by atoms with E-state index in [9.17, 15) is 5.11 Å². The number of anilines is 2. The number of imidazole rings is 1. The largest absolute Gasteiger partial charge is 0.400 e. The Bertz CT molecular complexity index is 2250. The van der Waals surface area contributed by atoms with Crippen molar-refractivity contribution in [1.82, 2.24) is 29.9 Å². The predicted octanol–water partition coefficient (Wildman–Crippen LogP) is 7.43. The third-order valence-corrected chi connectivity index (χ3v) is 8.88. The van der Waals surface area contributed by atoms with Crippen molar-refractivity contribution < 1.29 is 14.8 Å². The van der Waals surface area contributed by atoms with Crippen molar-refractivity contribution in [2.45, 2.75) is 31.7 Å². The van der Waals surface area contributed by atoms with Gasteiger partial charge in [-0.05, 0) is 36.1 Å². The SMILES string of the molecule is Br.C#Cc1ccccc1.CO.[N-]=[N+]=NCCCN1c2nccc[n+]2CC1(O)c1ccccc1.c1ccc(-c2cn(CCCNc3ncc(-c4ccccc4)[nH]3)nn2)cc1. The highest BCUT2D eigenvalue weighted by molar-refractivity contribution is 8.93. The van der Waals surface area contributed by atoms with Crippen LogP contribution >= 0.6 is 17.0 Å². The van der Waals surface area contributed by atoms with Crippen LogP contribution in [-0.4, -0.2) is 66.9 Å². The number of aromatic nitrogens is 7. The Hall–Kier alpha value is -6.82. The van der Waals surface area contributed by atoms with Crippen molar-refractivity contribution in [2.75, 3.05) is 37.0 Å². The summed E-state index contributed by atoms with van der Waals surface area (Å²) < 4.78 is 3.81. The van der Waals surface area contributed by atoms with Gasteiger partial charge < -0.3 is 20.5 Å². The van der Waals surface area contributed by atoms with E-state index in [0.717, 1.165) is 72.2 Å². The van der Waals surface area contributed by atoms with E-state index < -0.39 is 5.72 Å². The lowest BCUT2D eigenvalue weighted by Crippen LogP contribution is -2.46. The quantitative estimate of drug-likeness (QED) is 0.0245. The van der Waals surface area contributed by atoms with Crippen LogP contribution in [0.25, 0.3) is 33.0 Å². The number of aliphatic hydroxyl groups is 2. The lowest BCUT2D eigenvalue weighted by Gasteiger charge is -2.28. The van der Waals surface area contributed by atoms with Crippen LogP contribution in [0, 0.1) is 12.3 Å². The molecule has 7 aromatic rings. The fourth-order valence-corrected chi connectivity index (χ4v) is 6.12. The summed E-state index contributed by atoms with van der Waals surface area (Å²) in [6.45, 7) is 2.98. The lowest BCUT2D eigenvalue weighted by molar-refractivity contribution is -0.685. The monoisotopic (exact) mass is 855 g/mol. The molecule has 14 nitrogen and oxygen atoms in total. The van der Waals surface area contributed by atoms with Gasteiger partial charge in [-0.1, -0.05) is 130 Å². The lowest BCUT2D eigenvalue weighted by atomic mass is 10.0. The highest BCUT2D eigenvalue weighted by Crippen LogP contribution is 2.33. The second-order valence-corrected chi connectivity index (χ2v) is 12.7. The summed E-state index contributed by atoms with van der Waals surface area (Å²) in [7, 11) is 1.00. The van der Waals surface area contributed by atoms with E-state index in [2.05, 4.69) is 58.7 Å². The fourth-order valence-electron chi connectivity index (χ4n) is 6.12. The van der Waals surface area contributed by atoms with Gasteiger partial charge >= 0.3 is 5.95 Å². The Balaban J connectivity index is 0.000000211. The number of nitrogens with zero attached hydrogens (tertiary/aromatic N) is 10. The van der Waals surface area contributed by atoms with Gasteiger partial charge in [-0.2, -0.15) is 0 Å². The Labute approximate surface area is 354 Å². The maximum atomic E-state index is 11.3. The molecule has 1 atom stereocenters. The van der Waals surface area contributed by atoms with Gasteiger partial charge in [-0.25, -0.2) is 14.5 Å². The van der Waals surface area contributed by atoms with Crippen LogP contribution in [0.2, 0.25) is 0 Å². The molecule has 0 radical (unpaired) electrons. The second-order valence-electron chi connectivity index (χ2n) is 12.7. The second kappa shape index (κ2) is 24.1. The van der Waals surface area contributed by atoms with E-state index in [4.69, 9.17) is 17.1 Å². The van der Waals surface area contributed by atoms with Gasteiger partial charge in [0.1, 0.15) is 18.4 Å². The molecular weight excluding hydrogens is 808 g/mol. The Kier molecular flexibility index (Phi) is 18.3. The summed E-state index contributed by atoms with van der Waals surface area (Å²) in [5, 5.41) is 33.6. The third-order valence-electron chi connectivity index (χ3n) is 8.88. The zero-order valence-corrected chi connectivity index (χ0v) is 34.4. The first kappa shape index (κ1) is 44.9. The first-order valence-corrected chi connectivity index (χ1v) is 18.7. The molecule has 1 unspecified atom stereocenters. The van der Waals surface area contributed by atoms with Crippen LogP contribution in [0.5, 0.6) is 0 Å². The number of aryl methyl sites for hydroxylation is 1. The highest BCUT2D eigenvalue weighted by atomic mass is 79.9. The van der Waals surface area contributed by atoms with Gasteiger partial charge in [-0.15, -0.1) is 28.5 Å². The molecule has 3 aromatic heterocycles. The first-order valence-electron chi connectivity index (χ1n) is 18.7. The van der Waals surface area contributed by atoms with Crippen LogP contribution in [-0.2, 0) is 18.8 Å². The molecule has 0 aliphatic carbocycles. The topological polar surface area (TPSA) is 181 Å². The number of aliphatic hydroxyl groups excluding tert-OH is 1. The molecule has 0 saturated heterocycles. The average molecular weight is 857 g/mol. The van der Waals surface area contributed by atoms with E-state index in [-0.39, 0.29) is 17.0 Å². The van der Waals surface area contributed by atoms with Gasteiger partial charge in [0.05, 0.1) is 30.8 Å². The number of azide groups is 1. The molecule has 0 bridgehead atoms.